The van der Waals surface area contributed by atoms with Crippen LogP contribution < -0.4 is 4.90 Å². The first-order chi connectivity index (χ1) is 15.9. The van der Waals surface area contributed by atoms with Gasteiger partial charge in [0.1, 0.15) is 12.1 Å². The largest absolute Gasteiger partial charge is 0.353 e. The second-order valence-corrected chi connectivity index (χ2v) is 10.3. The molecule has 170 valence electrons. The Kier molecular flexibility index (Phi) is 5.38. The fourth-order valence-electron chi connectivity index (χ4n) is 4.74. The highest BCUT2D eigenvalue weighted by Crippen LogP contribution is 2.32. The van der Waals surface area contributed by atoms with E-state index in [1.165, 1.54) is 6.33 Å². The van der Waals surface area contributed by atoms with E-state index in [0.717, 1.165) is 33.6 Å². The first-order valence-electron chi connectivity index (χ1n) is 10.9. The topological polar surface area (TPSA) is 83.7 Å². The van der Waals surface area contributed by atoms with Crippen molar-refractivity contribution in [3.8, 4) is 11.1 Å². The fraction of sp³-hybridized carbons (Fsp3) is 0.292. The maximum absolute atomic E-state index is 13.5. The number of aryl methyl sites for hydroxylation is 3. The van der Waals surface area contributed by atoms with Gasteiger partial charge in [0.2, 0.25) is 10.0 Å². The van der Waals surface area contributed by atoms with Gasteiger partial charge in [-0.3, -0.25) is 0 Å². The number of fused-ring (bicyclic) bond motifs is 1. The van der Waals surface area contributed by atoms with Crippen LogP contribution in [0.25, 0.3) is 16.9 Å². The van der Waals surface area contributed by atoms with E-state index >= 15 is 0 Å². The molecule has 1 aliphatic rings. The smallest absolute Gasteiger partial charge is 0.254 e. The molecule has 0 unspecified atom stereocenters. The Bertz CT molecular complexity index is 1400. The molecule has 9 heteroatoms. The van der Waals surface area contributed by atoms with Crippen molar-refractivity contribution >= 4 is 21.6 Å². The molecule has 8 nitrogen and oxygen atoms in total. The Morgan fingerprint density at radius 2 is 1.55 bits per heavy atom. The lowest BCUT2D eigenvalue weighted by molar-refractivity contribution is 0.382. The Balaban J connectivity index is 1.48. The van der Waals surface area contributed by atoms with Crippen molar-refractivity contribution in [3.05, 3.63) is 71.7 Å². The van der Waals surface area contributed by atoms with Crippen molar-refractivity contribution in [3.63, 3.8) is 0 Å². The molecule has 0 saturated carbocycles. The molecular formula is C24H26N6O2S. The highest BCUT2D eigenvalue weighted by molar-refractivity contribution is 7.89. The monoisotopic (exact) mass is 462 g/mol. The van der Waals surface area contributed by atoms with Gasteiger partial charge in [-0.1, -0.05) is 48.0 Å². The Hall–Kier alpha value is -3.30. The minimum absolute atomic E-state index is 0.391. The van der Waals surface area contributed by atoms with Gasteiger partial charge in [0.15, 0.2) is 0 Å². The van der Waals surface area contributed by atoms with Gasteiger partial charge < -0.3 is 4.90 Å². The first-order valence-corrected chi connectivity index (χ1v) is 12.4. The summed E-state index contributed by atoms with van der Waals surface area (Å²) in [4.78, 5) is 11.3. The zero-order valence-corrected chi connectivity index (χ0v) is 19.7. The lowest BCUT2D eigenvalue weighted by Gasteiger charge is -2.36. The SMILES string of the molecule is Cc1cc(C)c(S(=O)(=O)N2CCN(c3c(-c4ccccc4)cnc4ncnn34)CC2)c(C)c1. The van der Waals surface area contributed by atoms with E-state index in [4.69, 9.17) is 0 Å². The summed E-state index contributed by atoms with van der Waals surface area (Å²) in [6.45, 7) is 7.59. The molecule has 2 aromatic heterocycles. The molecule has 1 saturated heterocycles. The van der Waals surface area contributed by atoms with E-state index in [9.17, 15) is 8.42 Å². The number of hydrogen-bond donors (Lipinski definition) is 0. The van der Waals surface area contributed by atoms with Crippen LogP contribution in [0, 0.1) is 20.8 Å². The first kappa shape index (κ1) is 21.5. The number of nitrogens with zero attached hydrogens (tertiary/aromatic N) is 6. The minimum atomic E-state index is -3.58. The maximum atomic E-state index is 13.5. The molecule has 0 spiro atoms. The summed E-state index contributed by atoms with van der Waals surface area (Å²) in [6, 6.07) is 13.9. The van der Waals surface area contributed by atoms with Crippen LogP contribution in [0.15, 0.2) is 59.9 Å². The summed E-state index contributed by atoms with van der Waals surface area (Å²) < 4.78 is 30.4. The van der Waals surface area contributed by atoms with Gasteiger partial charge in [0.05, 0.1) is 4.90 Å². The molecule has 0 radical (unpaired) electrons. The average molecular weight is 463 g/mol. The van der Waals surface area contributed by atoms with Crippen LogP contribution >= 0.6 is 0 Å². The highest BCUT2D eigenvalue weighted by Gasteiger charge is 2.32. The van der Waals surface area contributed by atoms with E-state index in [2.05, 4.69) is 20.0 Å². The summed E-state index contributed by atoms with van der Waals surface area (Å²) in [5.74, 6) is 1.40. The second kappa shape index (κ2) is 8.24. The molecule has 0 amide bonds. The molecule has 33 heavy (non-hydrogen) atoms. The quantitative estimate of drug-likeness (QED) is 0.463. The second-order valence-electron chi connectivity index (χ2n) is 8.45. The van der Waals surface area contributed by atoms with Crippen molar-refractivity contribution in [2.24, 2.45) is 0 Å². The number of rotatable bonds is 4. The molecular weight excluding hydrogens is 436 g/mol. The standard InChI is InChI=1S/C24H26N6O2S/c1-17-13-18(2)22(19(3)14-17)33(31,32)29-11-9-28(10-12-29)23-21(20-7-5-4-6-8-20)15-25-24-26-16-27-30(23)24/h4-8,13-16H,9-12H2,1-3H3. The molecule has 0 N–H and O–H groups in total. The van der Waals surface area contributed by atoms with E-state index in [-0.39, 0.29) is 0 Å². The molecule has 1 aliphatic heterocycles. The normalized spacial score (nSPS) is 15.3. The Morgan fingerprint density at radius 3 is 2.21 bits per heavy atom. The van der Waals surface area contributed by atoms with Gasteiger partial charge in [-0.05, 0) is 37.5 Å². The van der Waals surface area contributed by atoms with E-state index in [1.54, 1.807) is 8.82 Å². The van der Waals surface area contributed by atoms with Crippen molar-refractivity contribution in [1.29, 1.82) is 0 Å². The van der Waals surface area contributed by atoms with Crippen LogP contribution in [0.5, 0.6) is 0 Å². The molecule has 2 aromatic carbocycles. The molecule has 0 bridgehead atoms. The maximum Gasteiger partial charge on any atom is 0.254 e. The van der Waals surface area contributed by atoms with Crippen LogP contribution in [0.1, 0.15) is 16.7 Å². The number of benzene rings is 2. The van der Waals surface area contributed by atoms with Gasteiger partial charge in [0, 0.05) is 37.9 Å². The Morgan fingerprint density at radius 1 is 0.879 bits per heavy atom. The molecule has 0 aliphatic carbocycles. The van der Waals surface area contributed by atoms with Crippen molar-refractivity contribution < 1.29 is 8.42 Å². The fourth-order valence-corrected chi connectivity index (χ4v) is 6.57. The number of aromatic nitrogens is 4. The highest BCUT2D eigenvalue weighted by atomic mass is 32.2. The van der Waals surface area contributed by atoms with Gasteiger partial charge in [0.25, 0.3) is 5.78 Å². The summed E-state index contributed by atoms with van der Waals surface area (Å²) in [5.41, 5.74) is 4.62. The summed E-state index contributed by atoms with van der Waals surface area (Å²) in [5, 5.41) is 4.40. The van der Waals surface area contributed by atoms with Crippen molar-refractivity contribution in [2.45, 2.75) is 25.7 Å². The van der Waals surface area contributed by atoms with E-state index in [0.29, 0.717) is 36.9 Å². The predicted molar refractivity (Wildman–Crippen MR) is 128 cm³/mol. The predicted octanol–water partition coefficient (Wildman–Crippen LogP) is 3.23. The van der Waals surface area contributed by atoms with Gasteiger partial charge in [-0.15, -0.1) is 0 Å². The number of anilines is 1. The van der Waals surface area contributed by atoms with Crippen LogP contribution in [0.2, 0.25) is 0 Å². The lowest BCUT2D eigenvalue weighted by Crippen LogP contribution is -2.49. The number of sulfonamides is 1. The molecule has 5 rings (SSSR count). The van der Waals surface area contributed by atoms with Gasteiger partial charge in [-0.2, -0.15) is 18.9 Å². The van der Waals surface area contributed by atoms with Crippen molar-refractivity contribution in [1.82, 2.24) is 23.9 Å². The third-order valence-electron chi connectivity index (χ3n) is 6.11. The van der Waals surface area contributed by atoms with E-state index in [1.807, 2.05) is 69.4 Å². The molecule has 1 fully saturated rings. The molecule has 0 atom stereocenters. The zero-order valence-electron chi connectivity index (χ0n) is 18.9. The van der Waals surface area contributed by atoms with Crippen molar-refractivity contribution in [2.75, 3.05) is 31.1 Å². The summed E-state index contributed by atoms with van der Waals surface area (Å²) >= 11 is 0. The average Bonchev–Trinajstić information content (AvgIpc) is 3.27. The van der Waals surface area contributed by atoms with Crippen LogP contribution in [-0.2, 0) is 10.0 Å². The van der Waals surface area contributed by atoms with Crippen LogP contribution in [-0.4, -0.2) is 58.5 Å². The number of hydrogen-bond acceptors (Lipinski definition) is 6. The van der Waals surface area contributed by atoms with Crippen LogP contribution in [0.4, 0.5) is 5.82 Å². The molecule has 3 heterocycles. The molecule has 4 aromatic rings. The third-order valence-corrected chi connectivity index (χ3v) is 8.31. The lowest BCUT2D eigenvalue weighted by atomic mass is 10.1. The van der Waals surface area contributed by atoms with E-state index < -0.39 is 10.0 Å². The van der Waals surface area contributed by atoms with Gasteiger partial charge in [-0.25, -0.2) is 13.4 Å². The Labute approximate surface area is 193 Å². The summed E-state index contributed by atoms with van der Waals surface area (Å²) in [6.07, 6.45) is 3.31. The van der Waals surface area contributed by atoms with Crippen LogP contribution in [0.3, 0.4) is 0 Å². The van der Waals surface area contributed by atoms with Gasteiger partial charge >= 0.3 is 0 Å². The number of piperazine rings is 1. The minimum Gasteiger partial charge on any atom is -0.353 e. The zero-order chi connectivity index (χ0) is 23.2. The third kappa shape index (κ3) is 3.77. The summed E-state index contributed by atoms with van der Waals surface area (Å²) in [7, 11) is -3.58.